The number of methoxy groups -OCH3 is 2. The van der Waals surface area contributed by atoms with E-state index in [9.17, 15) is 13.2 Å². The fourth-order valence-electron chi connectivity index (χ4n) is 2.70. The summed E-state index contributed by atoms with van der Waals surface area (Å²) in [7, 11) is 2.03. The van der Waals surface area contributed by atoms with Gasteiger partial charge in [-0.1, -0.05) is 0 Å². The van der Waals surface area contributed by atoms with Crippen molar-refractivity contribution in [1.29, 1.82) is 0 Å². The van der Waals surface area contributed by atoms with Crippen molar-refractivity contribution < 1.29 is 22.7 Å². The van der Waals surface area contributed by atoms with E-state index in [1.165, 1.54) is 7.11 Å². The number of hydrogen-bond acceptors (Lipinski definition) is 6. The number of hydrogen-bond donors (Lipinski definition) is 1. The number of rotatable bonds is 7. The average Bonchev–Trinajstić information content (AvgIpc) is 2.93. The lowest BCUT2D eigenvalue weighted by Gasteiger charge is -2.22. The minimum absolute atomic E-state index is 0.00155. The number of anilines is 1. The molecule has 1 fully saturated rings. The number of benzene rings is 1. The molecule has 24 heavy (non-hydrogen) atoms. The maximum absolute atomic E-state index is 12.1. The summed E-state index contributed by atoms with van der Waals surface area (Å²) >= 11 is 0. The number of nitrogens with zero attached hydrogens (tertiary/aromatic N) is 1. The van der Waals surface area contributed by atoms with Gasteiger partial charge in [0.2, 0.25) is 5.91 Å². The highest BCUT2D eigenvalue weighted by Gasteiger charge is 2.30. The largest absolute Gasteiger partial charge is 0.497 e. The SMILES string of the molecule is COc1ccc(NC(=O)CCN(C)C2CCS(=O)(=O)C2)c(OC)c1. The van der Waals surface area contributed by atoms with E-state index >= 15 is 0 Å². The Balaban J connectivity index is 1.87. The minimum Gasteiger partial charge on any atom is -0.497 e. The maximum Gasteiger partial charge on any atom is 0.225 e. The molecule has 1 aliphatic rings. The van der Waals surface area contributed by atoms with Gasteiger partial charge in [0.15, 0.2) is 9.84 Å². The molecule has 1 aliphatic heterocycles. The highest BCUT2D eigenvalue weighted by molar-refractivity contribution is 7.91. The van der Waals surface area contributed by atoms with Gasteiger partial charge in [0, 0.05) is 25.1 Å². The zero-order valence-corrected chi connectivity index (χ0v) is 15.1. The summed E-state index contributed by atoms with van der Waals surface area (Å²) in [6, 6.07) is 5.17. The second kappa shape index (κ2) is 7.85. The van der Waals surface area contributed by atoms with Gasteiger partial charge in [-0.05, 0) is 25.6 Å². The number of carbonyl (C=O) groups is 1. The molecule has 1 N–H and O–H groups in total. The van der Waals surface area contributed by atoms with Gasteiger partial charge in [0.05, 0.1) is 31.4 Å². The fraction of sp³-hybridized carbons (Fsp3) is 0.562. The van der Waals surface area contributed by atoms with Crippen molar-refractivity contribution >= 4 is 21.4 Å². The quantitative estimate of drug-likeness (QED) is 0.789. The number of nitrogens with one attached hydrogen (secondary N) is 1. The van der Waals surface area contributed by atoms with Gasteiger partial charge < -0.3 is 19.7 Å². The molecular formula is C16H24N2O5S. The first-order chi connectivity index (χ1) is 11.3. The molecular weight excluding hydrogens is 332 g/mol. The van der Waals surface area contributed by atoms with E-state index in [0.717, 1.165) is 0 Å². The van der Waals surface area contributed by atoms with E-state index in [0.29, 0.717) is 30.2 Å². The lowest BCUT2D eigenvalue weighted by atomic mass is 10.2. The van der Waals surface area contributed by atoms with E-state index in [4.69, 9.17) is 9.47 Å². The lowest BCUT2D eigenvalue weighted by molar-refractivity contribution is -0.116. The highest BCUT2D eigenvalue weighted by Crippen LogP contribution is 2.29. The molecule has 1 aromatic carbocycles. The van der Waals surface area contributed by atoms with Gasteiger partial charge in [0.25, 0.3) is 0 Å². The summed E-state index contributed by atoms with van der Waals surface area (Å²) in [5.41, 5.74) is 0.578. The van der Waals surface area contributed by atoms with Crippen LogP contribution in [0.15, 0.2) is 18.2 Å². The predicted octanol–water partition coefficient (Wildman–Crippen LogP) is 1.15. The topological polar surface area (TPSA) is 84.9 Å². The van der Waals surface area contributed by atoms with Crippen LogP contribution in [0.1, 0.15) is 12.8 Å². The molecule has 1 aromatic rings. The molecule has 1 amide bonds. The molecule has 8 heteroatoms. The van der Waals surface area contributed by atoms with Gasteiger partial charge in [-0.3, -0.25) is 4.79 Å². The van der Waals surface area contributed by atoms with E-state index < -0.39 is 9.84 Å². The second-order valence-electron chi connectivity index (χ2n) is 5.90. The van der Waals surface area contributed by atoms with Crippen LogP contribution < -0.4 is 14.8 Å². The summed E-state index contributed by atoms with van der Waals surface area (Å²) in [6.45, 7) is 0.504. The summed E-state index contributed by atoms with van der Waals surface area (Å²) in [5, 5.41) is 2.81. The van der Waals surface area contributed by atoms with Crippen LogP contribution in [0.4, 0.5) is 5.69 Å². The van der Waals surface area contributed by atoms with Crippen LogP contribution in [-0.4, -0.2) is 64.6 Å². The van der Waals surface area contributed by atoms with Crippen LogP contribution >= 0.6 is 0 Å². The third-order valence-electron chi connectivity index (χ3n) is 4.21. The standard InChI is InChI=1S/C16H24N2O5S/c1-18(12-7-9-24(20,21)11-12)8-6-16(19)17-14-5-4-13(22-2)10-15(14)23-3/h4-5,10,12H,6-9,11H2,1-3H3,(H,17,19). The van der Waals surface area contributed by atoms with Gasteiger partial charge in [-0.25, -0.2) is 8.42 Å². The van der Waals surface area contributed by atoms with Crippen molar-refractivity contribution in [2.24, 2.45) is 0 Å². The fourth-order valence-corrected chi connectivity index (χ4v) is 4.50. The van der Waals surface area contributed by atoms with E-state index in [2.05, 4.69) is 5.32 Å². The number of sulfone groups is 1. The number of carbonyl (C=O) groups excluding carboxylic acids is 1. The Bertz CT molecular complexity index is 690. The molecule has 0 spiro atoms. The first kappa shape index (κ1) is 18.5. The van der Waals surface area contributed by atoms with Crippen molar-refractivity contribution in [3.8, 4) is 11.5 Å². The van der Waals surface area contributed by atoms with Crippen molar-refractivity contribution in [3.63, 3.8) is 0 Å². The summed E-state index contributed by atoms with van der Waals surface area (Å²) in [6.07, 6.45) is 0.912. The minimum atomic E-state index is -2.91. The molecule has 1 unspecified atom stereocenters. The van der Waals surface area contributed by atoms with Crippen molar-refractivity contribution in [2.75, 3.05) is 44.6 Å². The third kappa shape index (κ3) is 4.85. The predicted molar refractivity (Wildman–Crippen MR) is 92.5 cm³/mol. The van der Waals surface area contributed by atoms with Crippen LogP contribution in [0.3, 0.4) is 0 Å². The van der Waals surface area contributed by atoms with Crippen LogP contribution in [0.5, 0.6) is 11.5 Å². The molecule has 1 heterocycles. The molecule has 0 aliphatic carbocycles. The first-order valence-electron chi connectivity index (χ1n) is 7.77. The van der Waals surface area contributed by atoms with E-state index in [1.54, 1.807) is 25.3 Å². The molecule has 0 radical (unpaired) electrons. The maximum atomic E-state index is 12.1. The van der Waals surface area contributed by atoms with E-state index in [-0.39, 0.29) is 29.9 Å². The zero-order chi connectivity index (χ0) is 17.7. The molecule has 7 nitrogen and oxygen atoms in total. The lowest BCUT2D eigenvalue weighted by Crippen LogP contribution is -2.35. The Morgan fingerprint density at radius 2 is 2.08 bits per heavy atom. The molecule has 0 saturated carbocycles. The number of amides is 1. The van der Waals surface area contributed by atoms with Crippen molar-refractivity contribution in [2.45, 2.75) is 18.9 Å². The Labute approximate surface area is 142 Å². The monoisotopic (exact) mass is 356 g/mol. The molecule has 0 bridgehead atoms. The van der Waals surface area contributed by atoms with Gasteiger partial charge in [-0.15, -0.1) is 0 Å². The van der Waals surface area contributed by atoms with Crippen LogP contribution in [-0.2, 0) is 14.6 Å². The first-order valence-corrected chi connectivity index (χ1v) is 9.59. The molecule has 134 valence electrons. The molecule has 2 rings (SSSR count). The second-order valence-corrected chi connectivity index (χ2v) is 8.13. The smallest absolute Gasteiger partial charge is 0.225 e. The summed E-state index contributed by atoms with van der Waals surface area (Å²) in [5.74, 6) is 1.44. The van der Waals surface area contributed by atoms with Crippen LogP contribution in [0, 0.1) is 0 Å². The molecule has 1 atom stereocenters. The Kier molecular flexibility index (Phi) is 6.06. The van der Waals surface area contributed by atoms with Crippen LogP contribution in [0.2, 0.25) is 0 Å². The van der Waals surface area contributed by atoms with Crippen molar-refractivity contribution in [1.82, 2.24) is 4.90 Å². The van der Waals surface area contributed by atoms with Crippen LogP contribution in [0.25, 0.3) is 0 Å². The van der Waals surface area contributed by atoms with Crippen molar-refractivity contribution in [3.05, 3.63) is 18.2 Å². The van der Waals surface area contributed by atoms with Gasteiger partial charge >= 0.3 is 0 Å². The summed E-state index contributed by atoms with van der Waals surface area (Å²) in [4.78, 5) is 14.1. The normalized spacial score (nSPS) is 19.2. The summed E-state index contributed by atoms with van der Waals surface area (Å²) < 4.78 is 33.4. The third-order valence-corrected chi connectivity index (χ3v) is 5.96. The van der Waals surface area contributed by atoms with E-state index in [1.807, 2.05) is 11.9 Å². The number of ether oxygens (including phenoxy) is 2. The molecule has 1 saturated heterocycles. The Hall–Kier alpha value is -1.80. The van der Waals surface area contributed by atoms with Gasteiger partial charge in [-0.2, -0.15) is 0 Å². The highest BCUT2D eigenvalue weighted by atomic mass is 32.2. The average molecular weight is 356 g/mol. The molecule has 0 aromatic heterocycles. The zero-order valence-electron chi connectivity index (χ0n) is 14.2. The Morgan fingerprint density at radius 1 is 1.33 bits per heavy atom. The van der Waals surface area contributed by atoms with Gasteiger partial charge in [0.1, 0.15) is 11.5 Å². The Morgan fingerprint density at radius 3 is 2.67 bits per heavy atom.